The number of phenols is 1. The monoisotopic (exact) mass is 345 g/mol. The van der Waals surface area contributed by atoms with Gasteiger partial charge in [-0.15, -0.1) is 11.3 Å². The fourth-order valence-corrected chi connectivity index (χ4v) is 3.78. The topological polar surface area (TPSA) is 59.4 Å². The van der Waals surface area contributed by atoms with Gasteiger partial charge in [-0.3, -0.25) is 4.79 Å². The lowest BCUT2D eigenvalue weighted by Crippen LogP contribution is -2.26. The van der Waals surface area contributed by atoms with Gasteiger partial charge in [0.15, 0.2) is 0 Å². The number of fused-ring (bicyclic) bond motifs is 1. The lowest BCUT2D eigenvalue weighted by molar-refractivity contribution is -0.137. The number of ether oxygens (including phenoxy) is 1. The summed E-state index contributed by atoms with van der Waals surface area (Å²) in [7, 11) is 0. The number of rotatable bonds is 6. The van der Waals surface area contributed by atoms with Crippen molar-refractivity contribution >= 4 is 17.3 Å². The average molecular weight is 345 g/mol. The van der Waals surface area contributed by atoms with Crippen LogP contribution in [0, 0.1) is 6.92 Å². The van der Waals surface area contributed by atoms with Crippen LogP contribution < -0.4 is 4.74 Å². The van der Waals surface area contributed by atoms with Gasteiger partial charge in [-0.2, -0.15) is 0 Å². The van der Waals surface area contributed by atoms with Gasteiger partial charge in [0.05, 0.1) is 10.7 Å². The van der Waals surface area contributed by atoms with Crippen molar-refractivity contribution in [2.75, 3.05) is 0 Å². The van der Waals surface area contributed by atoms with Crippen molar-refractivity contribution in [2.45, 2.75) is 58.3 Å². The molecule has 3 rings (SSSR count). The van der Waals surface area contributed by atoms with E-state index in [2.05, 4.69) is 11.9 Å². The summed E-state index contributed by atoms with van der Waals surface area (Å²) >= 11 is 1.54. The molecule has 0 fully saturated rings. The molecule has 4 nitrogen and oxygen atoms in total. The molecule has 1 unspecified atom stereocenters. The average Bonchev–Trinajstić information content (AvgIpc) is 2.98. The van der Waals surface area contributed by atoms with Gasteiger partial charge in [-0.25, -0.2) is 4.98 Å². The smallest absolute Gasteiger partial charge is 0.320 e. The number of nitrogens with zero attached hydrogens (tertiary/aromatic N) is 1. The minimum Gasteiger partial charge on any atom is -0.508 e. The molecule has 0 radical (unpaired) electrons. The summed E-state index contributed by atoms with van der Waals surface area (Å²) in [6.07, 6.45) is 6.08. The highest BCUT2D eigenvalue weighted by molar-refractivity contribution is 7.09. The second-order valence-electron chi connectivity index (χ2n) is 6.37. The van der Waals surface area contributed by atoms with Crippen molar-refractivity contribution in [3.63, 3.8) is 0 Å². The number of aromatic hydroxyl groups is 1. The van der Waals surface area contributed by atoms with Crippen LogP contribution in [0.1, 0.15) is 60.4 Å². The second kappa shape index (κ2) is 7.34. The van der Waals surface area contributed by atoms with E-state index in [1.165, 1.54) is 19.3 Å². The molecular weight excluding hydrogens is 322 g/mol. The molecule has 1 atom stereocenters. The largest absolute Gasteiger partial charge is 0.508 e. The van der Waals surface area contributed by atoms with Crippen molar-refractivity contribution in [1.29, 1.82) is 0 Å². The molecule has 24 heavy (non-hydrogen) atoms. The molecule has 2 heterocycles. The number of phenolic OH excluding ortho intramolecular Hbond substituents is 1. The van der Waals surface area contributed by atoms with E-state index < -0.39 is 0 Å². The lowest BCUT2D eigenvalue weighted by Gasteiger charge is -2.23. The summed E-state index contributed by atoms with van der Waals surface area (Å²) < 4.78 is 5.45. The summed E-state index contributed by atoms with van der Waals surface area (Å²) in [6, 6.07) is 3.58. The highest BCUT2D eigenvalue weighted by atomic mass is 32.1. The van der Waals surface area contributed by atoms with E-state index >= 15 is 0 Å². The number of carbonyl (C=O) groups excluding carboxylic acids is 1. The van der Waals surface area contributed by atoms with E-state index in [0.29, 0.717) is 12.2 Å². The van der Waals surface area contributed by atoms with Crippen LogP contribution in [0.15, 0.2) is 17.5 Å². The molecule has 0 aliphatic carbocycles. The van der Waals surface area contributed by atoms with E-state index in [-0.39, 0.29) is 17.6 Å². The number of aromatic nitrogens is 1. The fourth-order valence-electron chi connectivity index (χ4n) is 3.11. The summed E-state index contributed by atoms with van der Waals surface area (Å²) in [5, 5.41) is 13.1. The zero-order valence-corrected chi connectivity index (χ0v) is 15.0. The predicted molar refractivity (Wildman–Crippen MR) is 94.9 cm³/mol. The third-order valence-corrected chi connectivity index (χ3v) is 5.27. The van der Waals surface area contributed by atoms with Crippen LogP contribution in [0.5, 0.6) is 11.5 Å². The van der Waals surface area contributed by atoms with Gasteiger partial charge in [-0.1, -0.05) is 26.2 Å². The Kier molecular flexibility index (Phi) is 5.19. The van der Waals surface area contributed by atoms with Crippen LogP contribution >= 0.6 is 11.3 Å². The Balaban J connectivity index is 1.79. The van der Waals surface area contributed by atoms with Gasteiger partial charge in [0.2, 0.25) is 0 Å². The minimum absolute atomic E-state index is 0.223. The SMILES string of the molecule is CCCCCCc1cc2c(cc1O)OC(=O)C(c1csc(C)n1)C2. The Morgan fingerprint density at radius 2 is 2.17 bits per heavy atom. The summed E-state index contributed by atoms with van der Waals surface area (Å²) in [5.74, 6) is 0.0711. The summed E-state index contributed by atoms with van der Waals surface area (Å²) in [5.41, 5.74) is 2.70. The molecule has 0 amide bonds. The molecule has 0 bridgehead atoms. The van der Waals surface area contributed by atoms with Gasteiger partial charge < -0.3 is 9.84 Å². The van der Waals surface area contributed by atoms with Crippen molar-refractivity contribution in [2.24, 2.45) is 0 Å². The maximum atomic E-state index is 12.3. The third kappa shape index (κ3) is 3.61. The Bertz CT molecular complexity index is 738. The number of esters is 1. The number of carbonyl (C=O) groups is 1. The van der Waals surface area contributed by atoms with Gasteiger partial charge in [-0.05, 0) is 43.4 Å². The third-order valence-electron chi connectivity index (χ3n) is 4.47. The highest BCUT2D eigenvalue weighted by Gasteiger charge is 2.32. The van der Waals surface area contributed by atoms with Crippen LogP contribution in [0.3, 0.4) is 0 Å². The number of thiazole rings is 1. The van der Waals surface area contributed by atoms with Crippen LogP contribution in [0.2, 0.25) is 0 Å². The van der Waals surface area contributed by atoms with Crippen LogP contribution in [-0.4, -0.2) is 16.1 Å². The quantitative estimate of drug-likeness (QED) is 0.475. The zero-order valence-electron chi connectivity index (χ0n) is 14.2. The molecule has 2 aromatic rings. The molecule has 1 aromatic carbocycles. The number of benzene rings is 1. The van der Waals surface area contributed by atoms with Crippen molar-refractivity contribution in [1.82, 2.24) is 4.98 Å². The Morgan fingerprint density at radius 1 is 1.33 bits per heavy atom. The van der Waals surface area contributed by atoms with E-state index in [4.69, 9.17) is 4.74 Å². The number of hydrogen-bond donors (Lipinski definition) is 1. The fraction of sp³-hybridized carbons (Fsp3) is 0.474. The summed E-state index contributed by atoms with van der Waals surface area (Å²) in [4.78, 5) is 16.7. The van der Waals surface area contributed by atoms with Gasteiger partial charge in [0.25, 0.3) is 0 Å². The predicted octanol–water partition coefficient (Wildman–Crippen LogP) is 4.53. The van der Waals surface area contributed by atoms with Crippen LogP contribution in [-0.2, 0) is 17.6 Å². The van der Waals surface area contributed by atoms with Gasteiger partial charge in [0.1, 0.15) is 17.4 Å². The molecule has 1 N–H and O–H groups in total. The number of unbranched alkanes of at least 4 members (excludes halogenated alkanes) is 3. The van der Waals surface area contributed by atoms with E-state index in [0.717, 1.165) is 34.7 Å². The molecule has 0 spiro atoms. The standard InChI is InChI=1S/C19H23NO3S/c1-3-4-5-6-7-13-8-14-9-15(16-11-24-12(2)20-16)19(22)23-18(14)10-17(13)21/h8,10-11,15,21H,3-7,9H2,1-2H3. The normalized spacial score (nSPS) is 16.8. The maximum Gasteiger partial charge on any atom is 0.320 e. The second-order valence-corrected chi connectivity index (χ2v) is 7.43. The van der Waals surface area contributed by atoms with Crippen LogP contribution in [0.4, 0.5) is 0 Å². The minimum atomic E-state index is -0.347. The Morgan fingerprint density at radius 3 is 2.88 bits per heavy atom. The molecule has 128 valence electrons. The molecule has 1 aromatic heterocycles. The zero-order chi connectivity index (χ0) is 17.1. The lowest BCUT2D eigenvalue weighted by atomic mass is 9.91. The molecule has 1 aliphatic rings. The molecule has 5 heteroatoms. The molecular formula is C19H23NO3S. The first-order chi connectivity index (χ1) is 11.6. The van der Waals surface area contributed by atoms with Crippen molar-refractivity contribution in [3.05, 3.63) is 39.3 Å². The maximum absolute atomic E-state index is 12.3. The molecule has 1 aliphatic heterocycles. The number of hydrogen-bond acceptors (Lipinski definition) is 5. The van der Waals surface area contributed by atoms with E-state index in [1.54, 1.807) is 17.4 Å². The first-order valence-electron chi connectivity index (χ1n) is 8.57. The van der Waals surface area contributed by atoms with Crippen molar-refractivity contribution in [3.8, 4) is 11.5 Å². The summed E-state index contributed by atoms with van der Waals surface area (Å²) in [6.45, 7) is 4.12. The van der Waals surface area contributed by atoms with Crippen LogP contribution in [0.25, 0.3) is 0 Å². The molecule has 0 saturated heterocycles. The number of aryl methyl sites for hydroxylation is 2. The first-order valence-corrected chi connectivity index (χ1v) is 9.45. The van der Waals surface area contributed by atoms with Crippen molar-refractivity contribution < 1.29 is 14.6 Å². The van der Waals surface area contributed by atoms with Gasteiger partial charge >= 0.3 is 5.97 Å². The Labute approximate surface area is 146 Å². The first kappa shape index (κ1) is 17.0. The molecule has 0 saturated carbocycles. The van der Waals surface area contributed by atoms with E-state index in [9.17, 15) is 9.90 Å². The highest BCUT2D eigenvalue weighted by Crippen LogP contribution is 2.37. The van der Waals surface area contributed by atoms with E-state index in [1.807, 2.05) is 18.4 Å². The Hall–Kier alpha value is -1.88. The van der Waals surface area contributed by atoms with Gasteiger partial charge in [0, 0.05) is 11.4 Å².